The third kappa shape index (κ3) is 4.28. The number of piperazine rings is 1. The van der Waals surface area contributed by atoms with Gasteiger partial charge in [0.15, 0.2) is 0 Å². The fourth-order valence-electron chi connectivity index (χ4n) is 3.46. The van der Waals surface area contributed by atoms with Crippen molar-refractivity contribution in [3.05, 3.63) is 29.8 Å². The summed E-state index contributed by atoms with van der Waals surface area (Å²) in [7, 11) is 0. The molecule has 0 aliphatic carbocycles. The first kappa shape index (κ1) is 17.2. The van der Waals surface area contributed by atoms with Gasteiger partial charge in [-0.25, -0.2) is 0 Å². The number of benzene rings is 1. The lowest BCUT2D eigenvalue weighted by atomic mass is 10.1. The molecule has 2 atom stereocenters. The number of ether oxygens (including phenoxy) is 1. The van der Waals surface area contributed by atoms with Crippen LogP contribution in [0.4, 0.5) is 5.69 Å². The smallest absolute Gasteiger partial charge is 0.237 e. The van der Waals surface area contributed by atoms with E-state index < -0.39 is 0 Å². The van der Waals surface area contributed by atoms with E-state index in [1.54, 1.807) is 0 Å². The van der Waals surface area contributed by atoms with Crippen molar-refractivity contribution in [1.82, 2.24) is 10.2 Å². The van der Waals surface area contributed by atoms with Crippen molar-refractivity contribution in [2.45, 2.75) is 38.8 Å². The molecule has 3 rings (SSSR count). The number of rotatable bonds is 5. The lowest BCUT2D eigenvalue weighted by Crippen LogP contribution is -2.54. The van der Waals surface area contributed by atoms with E-state index in [0.29, 0.717) is 6.54 Å². The van der Waals surface area contributed by atoms with Crippen LogP contribution in [0, 0.1) is 6.92 Å². The van der Waals surface area contributed by atoms with Crippen molar-refractivity contribution < 1.29 is 9.53 Å². The minimum absolute atomic E-state index is 0.0772. The maximum Gasteiger partial charge on any atom is 0.237 e. The molecule has 2 saturated heterocycles. The molecule has 1 aromatic carbocycles. The lowest BCUT2D eigenvalue weighted by molar-refractivity contribution is -0.126. The molecule has 2 aliphatic rings. The first-order valence-corrected chi connectivity index (χ1v) is 9.08. The van der Waals surface area contributed by atoms with Crippen LogP contribution in [0.1, 0.15) is 25.3 Å². The monoisotopic (exact) mass is 331 g/mol. The normalized spacial score (nSPS) is 23.2. The molecule has 0 radical (unpaired) electrons. The second-order valence-electron chi connectivity index (χ2n) is 6.91. The highest BCUT2D eigenvalue weighted by atomic mass is 16.5. The minimum Gasteiger partial charge on any atom is -0.376 e. The Morgan fingerprint density at radius 2 is 1.96 bits per heavy atom. The van der Waals surface area contributed by atoms with Crippen LogP contribution in [0.15, 0.2) is 24.3 Å². The van der Waals surface area contributed by atoms with Crippen LogP contribution >= 0.6 is 0 Å². The topological polar surface area (TPSA) is 44.8 Å². The Labute approximate surface area is 145 Å². The van der Waals surface area contributed by atoms with Crippen LogP contribution in [0.25, 0.3) is 0 Å². The zero-order valence-corrected chi connectivity index (χ0v) is 14.8. The van der Waals surface area contributed by atoms with Crippen LogP contribution in [0.5, 0.6) is 0 Å². The van der Waals surface area contributed by atoms with Gasteiger partial charge in [0, 0.05) is 45.0 Å². The van der Waals surface area contributed by atoms with Gasteiger partial charge in [-0.3, -0.25) is 9.69 Å². The van der Waals surface area contributed by atoms with Gasteiger partial charge in [0.05, 0.1) is 12.1 Å². The summed E-state index contributed by atoms with van der Waals surface area (Å²) in [4.78, 5) is 17.0. The Bertz CT molecular complexity index is 532. The van der Waals surface area contributed by atoms with Crippen LogP contribution < -0.4 is 10.2 Å². The highest BCUT2D eigenvalue weighted by Gasteiger charge is 2.26. The first-order chi connectivity index (χ1) is 11.6. The fraction of sp³-hybridized carbons (Fsp3) is 0.632. The molecule has 5 heteroatoms. The maximum atomic E-state index is 12.4. The summed E-state index contributed by atoms with van der Waals surface area (Å²) >= 11 is 0. The molecule has 24 heavy (non-hydrogen) atoms. The summed E-state index contributed by atoms with van der Waals surface area (Å²) in [6, 6.07) is 8.60. The minimum atomic E-state index is -0.0772. The predicted molar refractivity (Wildman–Crippen MR) is 96.4 cm³/mol. The van der Waals surface area contributed by atoms with Gasteiger partial charge in [-0.1, -0.05) is 17.7 Å². The largest absolute Gasteiger partial charge is 0.376 e. The van der Waals surface area contributed by atoms with Gasteiger partial charge in [-0.05, 0) is 38.8 Å². The number of carbonyl (C=O) groups is 1. The highest BCUT2D eigenvalue weighted by Crippen LogP contribution is 2.18. The Hall–Kier alpha value is -1.59. The SMILES string of the molecule is Cc1ccc(N2CCN([C@@H](C)C(=O)NC[C@H]3CCCO3)CC2)cc1. The van der Waals surface area contributed by atoms with Gasteiger partial charge in [0.2, 0.25) is 5.91 Å². The molecular weight excluding hydrogens is 302 g/mol. The van der Waals surface area contributed by atoms with E-state index in [2.05, 4.69) is 46.3 Å². The third-order valence-electron chi connectivity index (χ3n) is 5.17. The standard InChI is InChI=1S/C19H29N3O2/c1-15-5-7-17(8-6-15)22-11-9-21(10-12-22)16(2)19(23)20-14-18-4-3-13-24-18/h5-8,16,18H,3-4,9-14H2,1-2H3,(H,20,23)/t16-,18+/m0/s1. The Kier molecular flexibility index (Phi) is 5.74. The molecule has 2 fully saturated rings. The van der Waals surface area contributed by atoms with Gasteiger partial charge in [-0.2, -0.15) is 0 Å². The molecular formula is C19H29N3O2. The molecule has 1 N–H and O–H groups in total. The number of aryl methyl sites for hydroxylation is 1. The Balaban J connectivity index is 1.44. The fourth-order valence-corrected chi connectivity index (χ4v) is 3.46. The molecule has 0 saturated carbocycles. The number of hydrogen-bond donors (Lipinski definition) is 1. The van der Waals surface area contributed by atoms with Gasteiger partial charge in [-0.15, -0.1) is 0 Å². The molecule has 2 heterocycles. The predicted octanol–water partition coefficient (Wildman–Crippen LogP) is 1.80. The molecule has 0 aromatic heterocycles. The van der Waals surface area contributed by atoms with Crippen LogP contribution in [0.3, 0.4) is 0 Å². The van der Waals surface area contributed by atoms with Crippen molar-refractivity contribution in [2.24, 2.45) is 0 Å². The second-order valence-corrected chi connectivity index (χ2v) is 6.91. The molecule has 1 aromatic rings. The van der Waals surface area contributed by atoms with Crippen molar-refractivity contribution in [2.75, 3.05) is 44.2 Å². The number of nitrogens with zero attached hydrogens (tertiary/aromatic N) is 2. The molecule has 132 valence electrons. The van der Waals surface area contributed by atoms with Crippen molar-refractivity contribution in [1.29, 1.82) is 0 Å². The zero-order valence-electron chi connectivity index (χ0n) is 14.8. The number of carbonyl (C=O) groups excluding carboxylic acids is 1. The highest BCUT2D eigenvalue weighted by molar-refractivity contribution is 5.81. The number of anilines is 1. The van der Waals surface area contributed by atoms with Gasteiger partial charge >= 0.3 is 0 Å². The maximum absolute atomic E-state index is 12.4. The summed E-state index contributed by atoms with van der Waals surface area (Å²) in [5.74, 6) is 0.120. The van der Waals surface area contributed by atoms with Crippen LogP contribution in [-0.2, 0) is 9.53 Å². The van der Waals surface area contributed by atoms with E-state index in [4.69, 9.17) is 4.74 Å². The van der Waals surface area contributed by atoms with Gasteiger partial charge in [0.25, 0.3) is 0 Å². The first-order valence-electron chi connectivity index (χ1n) is 9.08. The summed E-state index contributed by atoms with van der Waals surface area (Å²) in [5, 5.41) is 3.05. The second kappa shape index (κ2) is 7.99. The van der Waals surface area contributed by atoms with Crippen molar-refractivity contribution >= 4 is 11.6 Å². The van der Waals surface area contributed by atoms with Gasteiger partial charge < -0.3 is 15.0 Å². The van der Waals surface area contributed by atoms with E-state index >= 15 is 0 Å². The molecule has 0 bridgehead atoms. The molecule has 0 spiro atoms. The Morgan fingerprint density at radius 1 is 1.25 bits per heavy atom. The van der Waals surface area contributed by atoms with E-state index in [9.17, 15) is 4.79 Å². The van der Waals surface area contributed by atoms with Crippen LogP contribution in [-0.4, -0.2) is 62.3 Å². The number of amides is 1. The summed E-state index contributed by atoms with van der Waals surface area (Å²) in [5.41, 5.74) is 2.56. The third-order valence-corrected chi connectivity index (χ3v) is 5.17. The van der Waals surface area contributed by atoms with Crippen molar-refractivity contribution in [3.63, 3.8) is 0 Å². The van der Waals surface area contributed by atoms with E-state index in [-0.39, 0.29) is 18.1 Å². The Morgan fingerprint density at radius 3 is 2.58 bits per heavy atom. The number of hydrogen-bond acceptors (Lipinski definition) is 4. The lowest BCUT2D eigenvalue weighted by Gasteiger charge is -2.38. The van der Waals surface area contributed by atoms with E-state index in [0.717, 1.165) is 45.6 Å². The van der Waals surface area contributed by atoms with Crippen LogP contribution in [0.2, 0.25) is 0 Å². The molecule has 0 unspecified atom stereocenters. The zero-order chi connectivity index (χ0) is 16.9. The number of nitrogens with one attached hydrogen (secondary N) is 1. The van der Waals surface area contributed by atoms with E-state index in [1.165, 1.54) is 11.3 Å². The summed E-state index contributed by atoms with van der Waals surface area (Å²) in [6.45, 7) is 9.36. The van der Waals surface area contributed by atoms with E-state index in [1.807, 2.05) is 6.92 Å². The molecule has 5 nitrogen and oxygen atoms in total. The summed E-state index contributed by atoms with van der Waals surface area (Å²) < 4.78 is 5.56. The average Bonchev–Trinajstić information content (AvgIpc) is 3.13. The molecule has 2 aliphatic heterocycles. The summed E-state index contributed by atoms with van der Waals surface area (Å²) in [6.07, 6.45) is 2.38. The molecule has 1 amide bonds. The van der Waals surface area contributed by atoms with Crippen molar-refractivity contribution in [3.8, 4) is 0 Å². The van der Waals surface area contributed by atoms with Gasteiger partial charge in [0.1, 0.15) is 0 Å². The average molecular weight is 331 g/mol. The quantitative estimate of drug-likeness (QED) is 0.894.